The van der Waals surface area contributed by atoms with Crippen molar-refractivity contribution in [3.8, 4) is 5.75 Å². The predicted molar refractivity (Wildman–Crippen MR) is 190 cm³/mol. The van der Waals surface area contributed by atoms with Crippen LogP contribution in [0.1, 0.15) is 45.1 Å². The zero-order valence-electron chi connectivity index (χ0n) is 27.6. The molecule has 3 aliphatic heterocycles. The van der Waals surface area contributed by atoms with Crippen LogP contribution in [0.2, 0.25) is 5.02 Å². The molecule has 3 aliphatic rings. The first kappa shape index (κ1) is 35.0. The van der Waals surface area contributed by atoms with Gasteiger partial charge in [0.2, 0.25) is 11.8 Å². The van der Waals surface area contributed by atoms with E-state index >= 15 is 4.79 Å². The van der Waals surface area contributed by atoms with E-state index < -0.39 is 22.6 Å². The van der Waals surface area contributed by atoms with E-state index in [-0.39, 0.29) is 48.6 Å². The molecule has 5 rings (SSSR count). The summed E-state index contributed by atoms with van der Waals surface area (Å²) in [5, 5.41) is 9.76. The zero-order valence-corrected chi connectivity index (χ0v) is 29.1. The minimum atomic E-state index is -0.788. The Balaban J connectivity index is 1.57. The Morgan fingerprint density at radius 1 is 1.09 bits per heavy atom. The van der Waals surface area contributed by atoms with Gasteiger partial charge in [0, 0.05) is 37.2 Å². The maximum atomic E-state index is 15.0. The van der Waals surface area contributed by atoms with Crippen LogP contribution in [0, 0.1) is 24.7 Å². The highest BCUT2D eigenvalue weighted by molar-refractivity contribution is 8.02. The Kier molecular flexibility index (Phi) is 11.1. The number of likely N-dealkylation sites (tertiary alicyclic amines) is 1. The molecule has 252 valence electrons. The maximum Gasteiger partial charge on any atom is 0.251 e. The third kappa shape index (κ3) is 6.22. The summed E-state index contributed by atoms with van der Waals surface area (Å²) >= 11 is 8.38. The van der Waals surface area contributed by atoms with Gasteiger partial charge in [0.05, 0.1) is 33.9 Å². The van der Waals surface area contributed by atoms with E-state index in [1.165, 1.54) is 0 Å². The summed E-state index contributed by atoms with van der Waals surface area (Å²) in [6.07, 6.45) is 6.08. The third-order valence-corrected chi connectivity index (χ3v) is 12.3. The molecule has 3 heterocycles. The Bertz CT molecular complexity index is 1480. The molecule has 0 aliphatic carbocycles. The number of unbranched alkanes of at least 4 members (excludes halogenated alkanes) is 2. The van der Waals surface area contributed by atoms with Crippen molar-refractivity contribution in [2.75, 3.05) is 42.6 Å². The lowest BCUT2D eigenvalue weighted by Crippen LogP contribution is -2.58. The van der Waals surface area contributed by atoms with Crippen LogP contribution in [-0.4, -0.2) is 76.6 Å². The van der Waals surface area contributed by atoms with Gasteiger partial charge in [-0.3, -0.25) is 14.4 Å². The number of halogens is 1. The number of aliphatic hydroxyl groups is 1. The molecule has 10 heteroatoms. The third-order valence-electron chi connectivity index (χ3n) is 9.89. The molecule has 0 radical (unpaired) electrons. The normalized spacial score (nSPS) is 25.9. The van der Waals surface area contributed by atoms with Crippen molar-refractivity contribution in [3.63, 3.8) is 0 Å². The lowest BCUT2D eigenvalue weighted by Gasteiger charge is -2.41. The van der Waals surface area contributed by atoms with Gasteiger partial charge in [-0.1, -0.05) is 42.8 Å². The van der Waals surface area contributed by atoms with Gasteiger partial charge in [-0.15, -0.1) is 24.9 Å². The fourth-order valence-electron chi connectivity index (χ4n) is 7.95. The van der Waals surface area contributed by atoms with Gasteiger partial charge < -0.3 is 24.5 Å². The van der Waals surface area contributed by atoms with Gasteiger partial charge in [-0.2, -0.15) is 0 Å². The van der Waals surface area contributed by atoms with Crippen LogP contribution in [0.5, 0.6) is 5.75 Å². The number of anilines is 2. The standard InChI is InChI=1S/C37H46ClN3O5S/c1-6-19-39(26-15-17-27(18-16-26)46-8-3)34(43)30-29-23-25(5)37(47-29)31(30)35(44)41(21-10-9-11-22-42)33(37)36(45)40(20-7-2)32-24(4)13-12-14-28(32)38/h6-7,12-18,25,29-31,33,42H,1-2,8-11,19-23H2,3-5H3/t25?,29-,30+,31-,33?,37?/m0/s1. The fourth-order valence-corrected chi connectivity index (χ4v) is 10.7. The van der Waals surface area contributed by atoms with Crippen molar-refractivity contribution in [2.45, 2.75) is 62.5 Å². The van der Waals surface area contributed by atoms with Crippen LogP contribution in [-0.2, 0) is 14.4 Å². The lowest BCUT2D eigenvalue weighted by molar-refractivity contribution is -0.139. The fraction of sp³-hybridized carbons (Fsp3) is 0.486. The van der Waals surface area contributed by atoms with Crippen LogP contribution in [0.15, 0.2) is 67.8 Å². The molecule has 2 aromatic carbocycles. The SMILES string of the molecule is C=CCN(C(=O)[C@@H]1[C@@H]2CC(C)C3(S2)C(C(=O)N(CC=C)c2c(C)cccc2Cl)N(CCCCCO)C(=O)[C@H]13)c1ccc(OCC)cc1. The largest absolute Gasteiger partial charge is 0.494 e. The highest BCUT2D eigenvalue weighted by atomic mass is 35.5. The number of fused-ring (bicyclic) bond motifs is 1. The lowest BCUT2D eigenvalue weighted by atomic mass is 9.65. The van der Waals surface area contributed by atoms with Crippen LogP contribution in [0.25, 0.3) is 0 Å². The number of amides is 3. The molecule has 6 atom stereocenters. The van der Waals surface area contributed by atoms with Crippen molar-refractivity contribution < 1.29 is 24.2 Å². The van der Waals surface area contributed by atoms with Crippen LogP contribution >= 0.6 is 23.4 Å². The summed E-state index contributed by atoms with van der Waals surface area (Å²) in [4.78, 5) is 49.5. The molecule has 3 amide bonds. The van der Waals surface area contributed by atoms with Crippen LogP contribution < -0.4 is 14.5 Å². The number of benzene rings is 2. The van der Waals surface area contributed by atoms with Crippen molar-refractivity contribution in [1.82, 2.24) is 4.90 Å². The van der Waals surface area contributed by atoms with Crippen molar-refractivity contribution >= 4 is 52.5 Å². The monoisotopic (exact) mass is 679 g/mol. The number of thioether (sulfide) groups is 1. The topological polar surface area (TPSA) is 90.4 Å². The number of hydrogen-bond acceptors (Lipinski definition) is 6. The molecule has 8 nitrogen and oxygen atoms in total. The Hall–Kier alpha value is -3.27. The van der Waals surface area contributed by atoms with Gasteiger partial charge in [0.25, 0.3) is 5.91 Å². The summed E-state index contributed by atoms with van der Waals surface area (Å²) in [5.41, 5.74) is 2.16. The molecule has 3 fully saturated rings. The second-order valence-corrected chi connectivity index (χ2v) is 14.6. The zero-order chi connectivity index (χ0) is 33.9. The molecule has 1 spiro atoms. The molecule has 3 saturated heterocycles. The summed E-state index contributed by atoms with van der Waals surface area (Å²) in [5.74, 6) is -1.00. The van der Waals surface area contributed by atoms with E-state index in [9.17, 15) is 14.7 Å². The average Bonchev–Trinajstić information content (AvgIpc) is 3.65. The van der Waals surface area contributed by atoms with Crippen molar-refractivity contribution in [2.24, 2.45) is 17.8 Å². The number of hydrogen-bond donors (Lipinski definition) is 1. The van der Waals surface area contributed by atoms with Crippen LogP contribution in [0.4, 0.5) is 11.4 Å². The summed E-state index contributed by atoms with van der Waals surface area (Å²) in [7, 11) is 0. The quantitative estimate of drug-likeness (QED) is 0.176. The molecular formula is C37H46ClN3O5S. The second-order valence-electron chi connectivity index (χ2n) is 12.7. The Labute approximate surface area is 287 Å². The number of ether oxygens (including phenoxy) is 1. The Morgan fingerprint density at radius 2 is 1.79 bits per heavy atom. The first-order chi connectivity index (χ1) is 22.7. The summed E-state index contributed by atoms with van der Waals surface area (Å²) in [6.45, 7) is 15.3. The van der Waals surface area contributed by atoms with Gasteiger partial charge in [-0.25, -0.2) is 0 Å². The maximum absolute atomic E-state index is 15.0. The number of carbonyl (C=O) groups is 3. The highest BCUT2D eigenvalue weighted by Crippen LogP contribution is 2.69. The molecule has 2 bridgehead atoms. The first-order valence-electron chi connectivity index (χ1n) is 16.6. The number of nitrogens with zero attached hydrogens (tertiary/aromatic N) is 3. The number of aryl methyl sites for hydroxylation is 1. The smallest absolute Gasteiger partial charge is 0.251 e. The first-order valence-corrected chi connectivity index (χ1v) is 17.8. The minimum Gasteiger partial charge on any atom is -0.494 e. The molecule has 0 aromatic heterocycles. The van der Waals surface area contributed by atoms with E-state index in [2.05, 4.69) is 20.1 Å². The second kappa shape index (κ2) is 14.9. The molecular weight excluding hydrogens is 634 g/mol. The molecule has 47 heavy (non-hydrogen) atoms. The van der Waals surface area contributed by atoms with E-state index in [0.29, 0.717) is 48.1 Å². The predicted octanol–water partition coefficient (Wildman–Crippen LogP) is 6.29. The van der Waals surface area contributed by atoms with Crippen molar-refractivity contribution in [3.05, 3.63) is 78.4 Å². The van der Waals surface area contributed by atoms with E-state index in [1.54, 1.807) is 44.7 Å². The molecule has 3 unspecified atom stereocenters. The van der Waals surface area contributed by atoms with Gasteiger partial charge in [-0.05, 0) is 81.3 Å². The van der Waals surface area contributed by atoms with Crippen molar-refractivity contribution in [1.29, 1.82) is 0 Å². The summed E-state index contributed by atoms with van der Waals surface area (Å²) in [6, 6.07) is 12.2. The van der Waals surface area contributed by atoms with E-state index in [1.807, 2.05) is 50.2 Å². The van der Waals surface area contributed by atoms with E-state index in [4.69, 9.17) is 16.3 Å². The molecule has 0 saturated carbocycles. The minimum absolute atomic E-state index is 0.0168. The van der Waals surface area contributed by atoms with Gasteiger partial charge >= 0.3 is 0 Å². The number of rotatable bonds is 15. The number of aliphatic hydroxyl groups excluding tert-OH is 1. The number of para-hydroxylation sites is 1. The average molecular weight is 680 g/mol. The molecule has 1 N–H and O–H groups in total. The number of carbonyl (C=O) groups excluding carboxylic acids is 3. The van der Waals surface area contributed by atoms with Gasteiger partial charge in [0.1, 0.15) is 11.8 Å². The summed E-state index contributed by atoms with van der Waals surface area (Å²) < 4.78 is 4.83. The molecule has 2 aromatic rings. The van der Waals surface area contributed by atoms with E-state index in [0.717, 1.165) is 18.4 Å². The highest BCUT2D eigenvalue weighted by Gasteiger charge is 2.76. The van der Waals surface area contributed by atoms with Gasteiger partial charge in [0.15, 0.2) is 0 Å². The van der Waals surface area contributed by atoms with Crippen LogP contribution in [0.3, 0.4) is 0 Å². The Morgan fingerprint density at radius 3 is 2.43 bits per heavy atom.